The van der Waals surface area contributed by atoms with E-state index >= 15 is 0 Å². The van der Waals surface area contributed by atoms with E-state index in [0.29, 0.717) is 6.54 Å². The van der Waals surface area contributed by atoms with Crippen LogP contribution in [0.15, 0.2) is 59.5 Å². The molecule has 2 fully saturated rings. The Labute approximate surface area is 183 Å². The first-order chi connectivity index (χ1) is 15.1. The number of carbonyl (C=O) groups excluding carboxylic acids is 1. The summed E-state index contributed by atoms with van der Waals surface area (Å²) in [5.74, 6) is -1.04. The number of fused-ring (bicyclic) bond motifs is 1. The first-order valence-electron chi connectivity index (χ1n) is 9.83. The maximum Gasteiger partial charge on any atom is 0.573 e. The van der Waals surface area contributed by atoms with Crippen LogP contribution < -0.4 is 4.74 Å². The zero-order chi connectivity index (χ0) is 23.1. The maximum atomic E-state index is 13.1. The van der Waals surface area contributed by atoms with Crippen molar-refractivity contribution in [1.29, 1.82) is 0 Å². The Morgan fingerprint density at radius 2 is 1.69 bits per heavy atom. The molecule has 0 unspecified atom stereocenters. The number of ether oxygens (including phenoxy) is 2. The molecule has 0 bridgehead atoms. The Kier molecular flexibility index (Phi) is 5.91. The summed E-state index contributed by atoms with van der Waals surface area (Å²) >= 11 is 0. The van der Waals surface area contributed by atoms with E-state index in [1.54, 1.807) is 4.90 Å². The van der Waals surface area contributed by atoms with Gasteiger partial charge in [0.05, 0.1) is 10.9 Å². The summed E-state index contributed by atoms with van der Waals surface area (Å²) < 4.78 is 73.8. The number of likely N-dealkylation sites (tertiary alicyclic amines) is 1. The van der Waals surface area contributed by atoms with Crippen LogP contribution in [0.4, 0.5) is 13.2 Å². The molecule has 0 aromatic heterocycles. The predicted molar refractivity (Wildman–Crippen MR) is 107 cm³/mol. The summed E-state index contributed by atoms with van der Waals surface area (Å²) in [4.78, 5) is 14.4. The number of rotatable bonds is 6. The maximum absolute atomic E-state index is 13.1. The van der Waals surface area contributed by atoms with E-state index < -0.39 is 28.2 Å². The van der Waals surface area contributed by atoms with Crippen molar-refractivity contribution in [3.63, 3.8) is 0 Å². The van der Waals surface area contributed by atoms with E-state index in [2.05, 4.69) is 4.74 Å². The molecule has 2 aliphatic heterocycles. The van der Waals surface area contributed by atoms with Gasteiger partial charge in [0, 0.05) is 32.7 Å². The van der Waals surface area contributed by atoms with Crippen LogP contribution in [-0.2, 0) is 26.1 Å². The first kappa shape index (κ1) is 22.6. The van der Waals surface area contributed by atoms with Gasteiger partial charge in [0.15, 0.2) is 0 Å². The van der Waals surface area contributed by atoms with E-state index in [-0.39, 0.29) is 35.9 Å². The molecule has 32 heavy (non-hydrogen) atoms. The van der Waals surface area contributed by atoms with Crippen molar-refractivity contribution < 1.29 is 35.9 Å². The fourth-order valence-electron chi connectivity index (χ4n) is 4.32. The Morgan fingerprint density at radius 1 is 1.03 bits per heavy atom. The van der Waals surface area contributed by atoms with Gasteiger partial charge in [-0.2, -0.15) is 4.31 Å². The molecule has 0 saturated carbocycles. The van der Waals surface area contributed by atoms with Crippen LogP contribution in [0.2, 0.25) is 0 Å². The Bertz CT molecular complexity index is 1080. The molecular formula is C21H21F3N2O5S. The van der Waals surface area contributed by atoms with Gasteiger partial charge >= 0.3 is 6.36 Å². The number of hydrogen-bond acceptors (Lipinski definition) is 5. The number of hydrogen-bond donors (Lipinski definition) is 0. The smallest absolute Gasteiger partial charge is 0.406 e. The van der Waals surface area contributed by atoms with Crippen molar-refractivity contribution in [3.8, 4) is 5.75 Å². The SMILES string of the molecule is CO[C@@H]1C(=O)N(Cc2ccccc2)[C@@H]2CN(S(=O)(=O)c3ccc(OC(F)(F)F)cc3)C[C@H]12. The molecule has 0 radical (unpaired) electrons. The molecule has 2 saturated heterocycles. The van der Waals surface area contributed by atoms with Crippen molar-refractivity contribution in [1.82, 2.24) is 9.21 Å². The third-order valence-corrected chi connectivity index (χ3v) is 7.61. The lowest BCUT2D eigenvalue weighted by Crippen LogP contribution is -2.40. The van der Waals surface area contributed by atoms with E-state index in [9.17, 15) is 26.4 Å². The zero-order valence-electron chi connectivity index (χ0n) is 17.0. The summed E-state index contributed by atoms with van der Waals surface area (Å²) in [6.45, 7) is 0.480. The quantitative estimate of drug-likeness (QED) is 0.649. The second-order valence-corrected chi connectivity index (χ2v) is 9.62. The summed E-state index contributed by atoms with van der Waals surface area (Å²) in [6.07, 6.45) is -5.62. The normalized spacial score (nSPS) is 24.1. The molecule has 1 amide bonds. The molecule has 0 N–H and O–H groups in total. The number of sulfonamides is 1. The van der Waals surface area contributed by atoms with Crippen LogP contribution in [0.3, 0.4) is 0 Å². The topological polar surface area (TPSA) is 76.2 Å². The molecule has 0 spiro atoms. The van der Waals surface area contributed by atoms with Crippen LogP contribution in [-0.4, -0.2) is 62.2 Å². The first-order valence-corrected chi connectivity index (χ1v) is 11.3. The molecular weight excluding hydrogens is 449 g/mol. The standard InChI is InChI=1S/C21H21F3N2O5S/c1-30-19-17-12-25(13-18(17)26(20(19)27)11-14-5-3-2-4-6-14)32(28,29)16-9-7-15(8-10-16)31-21(22,23)24/h2-10,17-19H,11-13H2,1H3/t17-,18+,19-/m0/s1. The highest BCUT2D eigenvalue weighted by atomic mass is 32.2. The molecule has 4 rings (SSSR count). The highest BCUT2D eigenvalue weighted by Crippen LogP contribution is 2.37. The van der Waals surface area contributed by atoms with Gasteiger partial charge in [0.2, 0.25) is 10.0 Å². The van der Waals surface area contributed by atoms with Gasteiger partial charge in [-0.05, 0) is 29.8 Å². The van der Waals surface area contributed by atoms with Crippen molar-refractivity contribution in [2.24, 2.45) is 5.92 Å². The van der Waals surface area contributed by atoms with Gasteiger partial charge in [-0.3, -0.25) is 4.79 Å². The summed E-state index contributed by atoms with van der Waals surface area (Å²) in [5.41, 5.74) is 0.915. The van der Waals surface area contributed by atoms with Crippen LogP contribution in [0.5, 0.6) is 5.75 Å². The lowest BCUT2D eigenvalue weighted by Gasteiger charge is -2.25. The lowest BCUT2D eigenvalue weighted by molar-refractivity contribution is -0.274. The van der Waals surface area contributed by atoms with Gasteiger partial charge in [0.25, 0.3) is 5.91 Å². The second-order valence-electron chi connectivity index (χ2n) is 7.68. The molecule has 2 aromatic carbocycles. The van der Waals surface area contributed by atoms with Gasteiger partial charge in [-0.25, -0.2) is 8.42 Å². The molecule has 0 aliphatic carbocycles. The van der Waals surface area contributed by atoms with Crippen molar-refractivity contribution >= 4 is 15.9 Å². The number of amides is 1. The van der Waals surface area contributed by atoms with Crippen LogP contribution in [0, 0.1) is 5.92 Å². The average molecular weight is 470 g/mol. The third-order valence-electron chi connectivity index (χ3n) is 5.76. The van der Waals surface area contributed by atoms with E-state index in [4.69, 9.17) is 4.74 Å². The monoisotopic (exact) mass is 470 g/mol. The van der Waals surface area contributed by atoms with Gasteiger partial charge in [0.1, 0.15) is 11.9 Å². The average Bonchev–Trinajstić information content (AvgIpc) is 3.27. The predicted octanol–water partition coefficient (Wildman–Crippen LogP) is 2.63. The minimum Gasteiger partial charge on any atom is -0.406 e. The molecule has 11 heteroatoms. The number of alkyl halides is 3. The highest BCUT2D eigenvalue weighted by molar-refractivity contribution is 7.89. The third kappa shape index (κ3) is 4.32. The molecule has 2 aromatic rings. The minimum absolute atomic E-state index is 0.0728. The van der Waals surface area contributed by atoms with Crippen LogP contribution in [0.1, 0.15) is 5.56 Å². The van der Waals surface area contributed by atoms with Gasteiger partial charge in [-0.15, -0.1) is 13.2 Å². The van der Waals surface area contributed by atoms with Crippen molar-refractivity contribution in [2.75, 3.05) is 20.2 Å². The number of benzene rings is 2. The Balaban J connectivity index is 1.54. The van der Waals surface area contributed by atoms with Gasteiger partial charge in [-0.1, -0.05) is 30.3 Å². The molecule has 172 valence electrons. The van der Waals surface area contributed by atoms with Crippen LogP contribution >= 0.6 is 0 Å². The Morgan fingerprint density at radius 3 is 2.28 bits per heavy atom. The molecule has 2 aliphatic rings. The van der Waals surface area contributed by atoms with Crippen molar-refractivity contribution in [3.05, 3.63) is 60.2 Å². The van der Waals surface area contributed by atoms with E-state index in [0.717, 1.165) is 29.8 Å². The molecule has 2 heterocycles. The fraction of sp³-hybridized carbons (Fsp3) is 0.381. The largest absolute Gasteiger partial charge is 0.573 e. The molecule has 3 atom stereocenters. The molecule has 7 nitrogen and oxygen atoms in total. The fourth-order valence-corrected chi connectivity index (χ4v) is 5.82. The Hall–Kier alpha value is -2.63. The lowest BCUT2D eigenvalue weighted by atomic mass is 10.0. The second kappa shape index (κ2) is 8.38. The number of nitrogens with zero attached hydrogens (tertiary/aromatic N) is 2. The number of methoxy groups -OCH3 is 1. The highest BCUT2D eigenvalue weighted by Gasteiger charge is 2.54. The van der Waals surface area contributed by atoms with Crippen molar-refractivity contribution in [2.45, 2.75) is 29.9 Å². The van der Waals surface area contributed by atoms with Crippen LogP contribution in [0.25, 0.3) is 0 Å². The number of halogens is 3. The van der Waals surface area contributed by atoms with E-state index in [1.165, 1.54) is 11.4 Å². The number of carbonyl (C=O) groups is 1. The summed E-state index contributed by atoms with van der Waals surface area (Å²) in [7, 11) is -2.56. The zero-order valence-corrected chi connectivity index (χ0v) is 17.8. The van der Waals surface area contributed by atoms with E-state index in [1.807, 2.05) is 30.3 Å². The minimum atomic E-state index is -4.86. The summed E-state index contributed by atoms with van der Waals surface area (Å²) in [6, 6.07) is 13.1. The van der Waals surface area contributed by atoms with Gasteiger partial charge < -0.3 is 14.4 Å². The summed E-state index contributed by atoms with van der Waals surface area (Å²) in [5, 5.41) is 0.